The molecule has 4 aromatic rings. The molecule has 2 aromatic carbocycles. The summed E-state index contributed by atoms with van der Waals surface area (Å²) >= 11 is 0. The summed E-state index contributed by atoms with van der Waals surface area (Å²) in [6.45, 7) is 2.11. The van der Waals surface area contributed by atoms with Gasteiger partial charge >= 0.3 is 5.97 Å². The number of aromatic nitrogens is 2. The van der Waals surface area contributed by atoms with Crippen LogP contribution in [-0.2, 0) is 11.4 Å². The monoisotopic (exact) mass is 440 g/mol. The molecular formula is C27H24N2O4. The van der Waals surface area contributed by atoms with Crippen molar-refractivity contribution < 1.29 is 19.4 Å². The number of hydrogen-bond donors (Lipinski definition) is 1. The van der Waals surface area contributed by atoms with Gasteiger partial charge < -0.3 is 19.0 Å². The number of aliphatic carboxylic acids is 1. The van der Waals surface area contributed by atoms with Gasteiger partial charge in [-0.2, -0.15) is 0 Å². The van der Waals surface area contributed by atoms with Crippen molar-refractivity contribution in [3.63, 3.8) is 0 Å². The lowest BCUT2D eigenvalue weighted by Crippen LogP contribution is -2.04. The summed E-state index contributed by atoms with van der Waals surface area (Å²) in [6.07, 6.45) is 3.97. The Hall–Kier alpha value is -4.24. The van der Waals surface area contributed by atoms with Gasteiger partial charge in [-0.1, -0.05) is 24.1 Å². The summed E-state index contributed by atoms with van der Waals surface area (Å²) < 4.78 is 13.1. The van der Waals surface area contributed by atoms with Gasteiger partial charge in [0.25, 0.3) is 0 Å². The van der Waals surface area contributed by atoms with Crippen LogP contribution in [0.25, 0.3) is 16.9 Å². The number of ether oxygens (including phenoxy) is 2. The summed E-state index contributed by atoms with van der Waals surface area (Å²) in [5.74, 6) is 6.09. The Bertz CT molecular complexity index is 1310. The fourth-order valence-corrected chi connectivity index (χ4v) is 3.59. The SMILES string of the molecule is CC#CC(CC(=O)O)c1ccc(OCc2ccc3nc(-c4ccc(OC)cc4)cn3c2)cc1. The van der Waals surface area contributed by atoms with E-state index in [-0.39, 0.29) is 12.3 Å². The largest absolute Gasteiger partial charge is 0.497 e. The summed E-state index contributed by atoms with van der Waals surface area (Å²) in [4.78, 5) is 15.8. The van der Waals surface area contributed by atoms with Gasteiger partial charge in [-0.15, -0.1) is 5.92 Å². The van der Waals surface area contributed by atoms with Crippen molar-refractivity contribution in [2.45, 2.75) is 25.9 Å². The highest BCUT2D eigenvalue weighted by atomic mass is 16.5. The zero-order valence-electron chi connectivity index (χ0n) is 18.5. The van der Waals surface area contributed by atoms with E-state index in [0.717, 1.165) is 33.8 Å². The highest BCUT2D eigenvalue weighted by Gasteiger charge is 2.13. The number of pyridine rings is 1. The lowest BCUT2D eigenvalue weighted by molar-refractivity contribution is -0.137. The summed E-state index contributed by atoms with van der Waals surface area (Å²) in [5, 5.41) is 9.10. The number of imidazole rings is 1. The van der Waals surface area contributed by atoms with Crippen LogP contribution in [0.1, 0.15) is 30.4 Å². The predicted molar refractivity (Wildman–Crippen MR) is 126 cm³/mol. The number of carboxylic acid groups (broad SMARTS) is 1. The predicted octanol–water partition coefficient (Wildman–Crippen LogP) is 5.17. The minimum Gasteiger partial charge on any atom is -0.497 e. The fourth-order valence-electron chi connectivity index (χ4n) is 3.59. The number of benzene rings is 2. The van der Waals surface area contributed by atoms with E-state index in [2.05, 4.69) is 16.8 Å². The van der Waals surface area contributed by atoms with Gasteiger partial charge in [-0.3, -0.25) is 4.79 Å². The average Bonchev–Trinajstić information content (AvgIpc) is 3.26. The Morgan fingerprint density at radius 2 is 1.76 bits per heavy atom. The van der Waals surface area contributed by atoms with E-state index in [9.17, 15) is 4.79 Å². The molecule has 0 bridgehead atoms. The van der Waals surface area contributed by atoms with Crippen molar-refractivity contribution >= 4 is 11.6 Å². The van der Waals surface area contributed by atoms with Crippen molar-refractivity contribution in [3.05, 3.63) is 84.2 Å². The number of fused-ring (bicyclic) bond motifs is 1. The fraction of sp³-hybridized carbons (Fsp3) is 0.185. The van der Waals surface area contributed by atoms with Gasteiger partial charge in [0.05, 0.1) is 25.1 Å². The third-order valence-corrected chi connectivity index (χ3v) is 5.28. The molecule has 4 rings (SSSR count). The molecule has 0 amide bonds. The maximum absolute atomic E-state index is 11.1. The Kier molecular flexibility index (Phi) is 6.61. The van der Waals surface area contributed by atoms with Crippen LogP contribution >= 0.6 is 0 Å². The molecule has 166 valence electrons. The van der Waals surface area contributed by atoms with Gasteiger partial charge in [-0.25, -0.2) is 4.98 Å². The van der Waals surface area contributed by atoms with Gasteiger partial charge in [-0.05, 0) is 55.0 Å². The Morgan fingerprint density at radius 3 is 2.42 bits per heavy atom. The average molecular weight is 440 g/mol. The molecule has 0 aliphatic heterocycles. The highest BCUT2D eigenvalue weighted by Crippen LogP contribution is 2.24. The van der Waals surface area contributed by atoms with Crippen molar-refractivity contribution in [2.75, 3.05) is 7.11 Å². The van der Waals surface area contributed by atoms with E-state index < -0.39 is 5.97 Å². The van der Waals surface area contributed by atoms with E-state index in [1.54, 1.807) is 14.0 Å². The lowest BCUT2D eigenvalue weighted by atomic mass is 9.96. The van der Waals surface area contributed by atoms with Crippen molar-refractivity contribution in [3.8, 4) is 34.6 Å². The molecule has 1 unspecified atom stereocenters. The molecule has 0 saturated carbocycles. The minimum absolute atomic E-state index is 0.0233. The lowest BCUT2D eigenvalue weighted by Gasteiger charge is -2.11. The third-order valence-electron chi connectivity index (χ3n) is 5.28. The van der Waals surface area contributed by atoms with E-state index in [1.165, 1.54) is 0 Å². The normalized spacial score (nSPS) is 11.5. The Labute approximate surface area is 192 Å². The molecule has 2 heterocycles. The van der Waals surface area contributed by atoms with Crippen molar-refractivity contribution in [1.82, 2.24) is 9.38 Å². The molecule has 0 aliphatic carbocycles. The number of methoxy groups -OCH3 is 1. The second kappa shape index (κ2) is 9.92. The Balaban J connectivity index is 1.44. The van der Waals surface area contributed by atoms with Crippen LogP contribution in [0.5, 0.6) is 11.5 Å². The topological polar surface area (TPSA) is 73.1 Å². The molecule has 0 spiro atoms. The number of rotatable bonds is 8. The number of carboxylic acids is 1. The van der Waals surface area contributed by atoms with E-state index in [1.807, 2.05) is 77.5 Å². The standard InChI is InChI=1S/C27H24N2O4/c1-3-4-22(15-27(30)31)20-6-12-24(13-7-20)33-18-19-5-14-26-28-25(17-29(26)16-19)21-8-10-23(32-2)11-9-21/h5-14,16-17,22H,15,18H2,1-2H3,(H,30,31). The van der Waals surface area contributed by atoms with Gasteiger partial charge in [0.2, 0.25) is 0 Å². The second-order valence-corrected chi connectivity index (χ2v) is 7.56. The van der Waals surface area contributed by atoms with Crippen LogP contribution in [0, 0.1) is 11.8 Å². The van der Waals surface area contributed by atoms with E-state index >= 15 is 0 Å². The smallest absolute Gasteiger partial charge is 0.304 e. The van der Waals surface area contributed by atoms with E-state index in [4.69, 9.17) is 14.6 Å². The Morgan fingerprint density at radius 1 is 1.03 bits per heavy atom. The quantitative estimate of drug-likeness (QED) is 0.383. The highest BCUT2D eigenvalue weighted by molar-refractivity contribution is 5.69. The molecular weight excluding hydrogens is 416 g/mol. The molecule has 2 aromatic heterocycles. The third kappa shape index (κ3) is 5.34. The van der Waals surface area contributed by atoms with Crippen molar-refractivity contribution in [2.24, 2.45) is 0 Å². The molecule has 0 radical (unpaired) electrons. The van der Waals surface area contributed by atoms with Crippen LogP contribution in [0.4, 0.5) is 0 Å². The molecule has 6 heteroatoms. The maximum atomic E-state index is 11.1. The van der Waals surface area contributed by atoms with Crippen LogP contribution in [0.2, 0.25) is 0 Å². The first-order valence-electron chi connectivity index (χ1n) is 10.5. The molecule has 0 saturated heterocycles. The molecule has 1 N–H and O–H groups in total. The van der Waals surface area contributed by atoms with Crippen LogP contribution in [0.3, 0.4) is 0 Å². The molecule has 33 heavy (non-hydrogen) atoms. The first-order valence-corrected chi connectivity index (χ1v) is 10.5. The van der Waals surface area contributed by atoms with Gasteiger partial charge in [0.1, 0.15) is 23.8 Å². The molecule has 1 atom stereocenters. The van der Waals surface area contributed by atoms with Crippen LogP contribution in [-0.4, -0.2) is 27.6 Å². The van der Waals surface area contributed by atoms with Gasteiger partial charge in [0.15, 0.2) is 0 Å². The van der Waals surface area contributed by atoms with Crippen molar-refractivity contribution in [1.29, 1.82) is 0 Å². The first-order chi connectivity index (χ1) is 16.1. The minimum atomic E-state index is -0.867. The van der Waals surface area contributed by atoms with Crippen LogP contribution < -0.4 is 9.47 Å². The van der Waals surface area contributed by atoms with Gasteiger partial charge in [0, 0.05) is 23.5 Å². The molecule has 6 nitrogen and oxygen atoms in total. The zero-order chi connectivity index (χ0) is 23.2. The molecule has 0 aliphatic rings. The zero-order valence-corrected chi connectivity index (χ0v) is 18.5. The maximum Gasteiger partial charge on any atom is 0.304 e. The summed E-state index contributed by atoms with van der Waals surface area (Å²) in [7, 11) is 1.65. The number of nitrogens with zero attached hydrogens (tertiary/aromatic N) is 2. The number of hydrogen-bond acceptors (Lipinski definition) is 4. The second-order valence-electron chi connectivity index (χ2n) is 7.56. The van der Waals surface area contributed by atoms with E-state index in [0.29, 0.717) is 12.4 Å². The molecule has 0 fully saturated rings. The summed E-state index contributed by atoms with van der Waals surface area (Å²) in [5.41, 5.74) is 4.63. The number of carbonyl (C=O) groups is 1. The van der Waals surface area contributed by atoms with Crippen LogP contribution in [0.15, 0.2) is 73.1 Å². The summed E-state index contributed by atoms with van der Waals surface area (Å²) in [6, 6.07) is 19.2. The first kappa shape index (κ1) is 22.0.